The van der Waals surface area contributed by atoms with Crippen LogP contribution in [0, 0.1) is 0 Å². The number of hydrogen-bond donors (Lipinski definition) is 5. The first-order valence-corrected chi connectivity index (χ1v) is 5.53. The standard InChI is InChI=1S/C11H19NO5/c1-5(13)10(12)7(14)2-6-3-8(15)11(17)9(16)4-6/h3,5,8-11,13,15-17H,2,4,12H2,1H3/t5-,8?,9?,10+,11?/m1/s1. The maximum absolute atomic E-state index is 11.6. The second-order valence-electron chi connectivity index (χ2n) is 4.49. The van der Waals surface area contributed by atoms with E-state index in [1.165, 1.54) is 13.0 Å². The molecule has 1 aliphatic rings. The lowest BCUT2D eigenvalue weighted by molar-refractivity contribution is -0.121. The molecule has 3 unspecified atom stereocenters. The normalized spacial score (nSPS) is 32.8. The summed E-state index contributed by atoms with van der Waals surface area (Å²) in [5, 5.41) is 37.3. The molecular formula is C11H19NO5. The molecule has 0 spiro atoms. The molecule has 0 aromatic rings. The van der Waals surface area contributed by atoms with Gasteiger partial charge in [-0.15, -0.1) is 0 Å². The average molecular weight is 245 g/mol. The first kappa shape index (κ1) is 14.3. The van der Waals surface area contributed by atoms with Gasteiger partial charge in [0.05, 0.1) is 18.2 Å². The molecule has 6 heteroatoms. The third-order valence-corrected chi connectivity index (χ3v) is 2.91. The van der Waals surface area contributed by atoms with Gasteiger partial charge in [0.2, 0.25) is 0 Å². The van der Waals surface area contributed by atoms with Gasteiger partial charge in [0, 0.05) is 6.42 Å². The minimum absolute atomic E-state index is 0.0348. The van der Waals surface area contributed by atoms with Gasteiger partial charge in [0.1, 0.15) is 12.2 Å². The highest BCUT2D eigenvalue weighted by Crippen LogP contribution is 2.22. The van der Waals surface area contributed by atoms with Gasteiger partial charge in [-0.25, -0.2) is 0 Å². The van der Waals surface area contributed by atoms with Gasteiger partial charge in [0.15, 0.2) is 5.78 Å². The quantitative estimate of drug-likeness (QED) is 0.367. The molecule has 5 atom stereocenters. The molecule has 6 nitrogen and oxygen atoms in total. The minimum Gasteiger partial charge on any atom is -0.391 e. The summed E-state index contributed by atoms with van der Waals surface area (Å²) in [6.45, 7) is 1.42. The topological polar surface area (TPSA) is 124 Å². The third-order valence-electron chi connectivity index (χ3n) is 2.91. The summed E-state index contributed by atoms with van der Waals surface area (Å²) in [7, 11) is 0. The van der Waals surface area contributed by atoms with Crippen LogP contribution in [-0.4, -0.2) is 56.7 Å². The summed E-state index contributed by atoms with van der Waals surface area (Å²) in [6, 6.07) is -0.975. The van der Waals surface area contributed by atoms with E-state index in [1.54, 1.807) is 0 Å². The Hall–Kier alpha value is -0.790. The Morgan fingerprint density at radius 3 is 2.59 bits per heavy atom. The molecule has 0 heterocycles. The Morgan fingerprint density at radius 1 is 1.53 bits per heavy atom. The van der Waals surface area contributed by atoms with E-state index in [1.807, 2.05) is 0 Å². The van der Waals surface area contributed by atoms with Gasteiger partial charge in [-0.1, -0.05) is 11.6 Å². The van der Waals surface area contributed by atoms with Crippen LogP contribution in [0.4, 0.5) is 0 Å². The molecule has 98 valence electrons. The summed E-state index contributed by atoms with van der Waals surface area (Å²) >= 11 is 0. The predicted molar refractivity (Wildman–Crippen MR) is 60.0 cm³/mol. The fraction of sp³-hybridized carbons (Fsp3) is 0.727. The van der Waals surface area contributed by atoms with Crippen LogP contribution in [0.15, 0.2) is 11.6 Å². The molecule has 1 aliphatic carbocycles. The van der Waals surface area contributed by atoms with Crippen molar-refractivity contribution in [1.29, 1.82) is 0 Å². The van der Waals surface area contributed by atoms with Crippen molar-refractivity contribution in [3.8, 4) is 0 Å². The molecule has 1 rings (SSSR count). The number of aliphatic hydroxyl groups is 4. The van der Waals surface area contributed by atoms with Crippen LogP contribution in [-0.2, 0) is 4.79 Å². The fourth-order valence-electron chi connectivity index (χ4n) is 1.77. The van der Waals surface area contributed by atoms with E-state index >= 15 is 0 Å². The number of nitrogens with two attached hydrogens (primary N) is 1. The Kier molecular flexibility index (Phi) is 4.79. The van der Waals surface area contributed by atoms with E-state index in [0.29, 0.717) is 5.57 Å². The van der Waals surface area contributed by atoms with Crippen molar-refractivity contribution in [2.45, 2.75) is 50.2 Å². The van der Waals surface area contributed by atoms with Gasteiger partial charge >= 0.3 is 0 Å². The molecule has 0 bridgehead atoms. The SMILES string of the molecule is C[C@@H](O)[C@H](N)C(=O)CC1=CC(O)C(O)C(O)C1. The summed E-state index contributed by atoms with van der Waals surface area (Å²) in [5.74, 6) is -0.359. The Labute approximate surface area is 99.4 Å². The number of rotatable bonds is 4. The molecule has 0 fully saturated rings. The van der Waals surface area contributed by atoms with Crippen molar-refractivity contribution in [2.75, 3.05) is 0 Å². The Balaban J connectivity index is 2.64. The van der Waals surface area contributed by atoms with Crippen LogP contribution in [0.1, 0.15) is 19.8 Å². The largest absolute Gasteiger partial charge is 0.391 e. The third kappa shape index (κ3) is 3.58. The Morgan fingerprint density at radius 2 is 2.12 bits per heavy atom. The number of Topliss-reactive ketones (excluding diaryl/α,β-unsaturated/α-hetero) is 1. The van der Waals surface area contributed by atoms with Crippen LogP contribution in [0.2, 0.25) is 0 Å². The van der Waals surface area contributed by atoms with E-state index in [9.17, 15) is 20.1 Å². The number of carbonyl (C=O) groups is 1. The van der Waals surface area contributed by atoms with E-state index in [-0.39, 0.29) is 18.6 Å². The van der Waals surface area contributed by atoms with E-state index in [2.05, 4.69) is 0 Å². The molecule has 0 saturated heterocycles. The first-order chi connectivity index (χ1) is 7.82. The van der Waals surface area contributed by atoms with Gasteiger partial charge in [-0.3, -0.25) is 4.79 Å². The van der Waals surface area contributed by atoms with Gasteiger partial charge in [-0.05, 0) is 13.3 Å². The van der Waals surface area contributed by atoms with Crippen molar-refractivity contribution in [1.82, 2.24) is 0 Å². The number of ketones is 1. The molecule has 0 saturated carbocycles. The highest BCUT2D eigenvalue weighted by atomic mass is 16.4. The molecule has 17 heavy (non-hydrogen) atoms. The fourth-order valence-corrected chi connectivity index (χ4v) is 1.77. The predicted octanol–water partition coefficient (Wildman–Crippen LogP) is -1.93. The number of carbonyl (C=O) groups excluding carboxylic acids is 1. The van der Waals surface area contributed by atoms with Crippen molar-refractivity contribution in [2.24, 2.45) is 5.73 Å². The first-order valence-electron chi connectivity index (χ1n) is 5.53. The monoisotopic (exact) mass is 245 g/mol. The van der Waals surface area contributed by atoms with Crippen molar-refractivity contribution >= 4 is 5.78 Å². The summed E-state index contributed by atoms with van der Waals surface area (Å²) in [4.78, 5) is 11.6. The van der Waals surface area contributed by atoms with Gasteiger partial charge < -0.3 is 26.2 Å². The zero-order chi connectivity index (χ0) is 13.2. The van der Waals surface area contributed by atoms with Gasteiger partial charge in [0.25, 0.3) is 0 Å². The minimum atomic E-state index is -1.22. The van der Waals surface area contributed by atoms with Gasteiger partial charge in [-0.2, -0.15) is 0 Å². The van der Waals surface area contributed by atoms with E-state index in [0.717, 1.165) is 0 Å². The van der Waals surface area contributed by atoms with Crippen LogP contribution in [0.3, 0.4) is 0 Å². The summed E-state index contributed by atoms with van der Waals surface area (Å²) < 4.78 is 0. The van der Waals surface area contributed by atoms with Crippen LogP contribution >= 0.6 is 0 Å². The van der Waals surface area contributed by atoms with Crippen molar-refractivity contribution < 1.29 is 25.2 Å². The molecule has 6 N–H and O–H groups in total. The summed E-state index contributed by atoms with van der Waals surface area (Å²) in [6.07, 6.45) is -2.98. The molecule has 0 aliphatic heterocycles. The summed E-state index contributed by atoms with van der Waals surface area (Å²) in [5.41, 5.74) is 6.00. The average Bonchev–Trinajstić information content (AvgIpc) is 2.24. The van der Waals surface area contributed by atoms with E-state index < -0.39 is 30.5 Å². The van der Waals surface area contributed by atoms with E-state index in [4.69, 9.17) is 10.8 Å². The zero-order valence-corrected chi connectivity index (χ0v) is 9.65. The molecule has 0 radical (unpaired) electrons. The van der Waals surface area contributed by atoms with Crippen molar-refractivity contribution in [3.63, 3.8) is 0 Å². The lowest BCUT2D eigenvalue weighted by atomic mass is 9.88. The molecule has 0 aromatic heterocycles. The highest BCUT2D eigenvalue weighted by molar-refractivity contribution is 5.86. The maximum atomic E-state index is 11.6. The molecular weight excluding hydrogens is 226 g/mol. The second-order valence-corrected chi connectivity index (χ2v) is 4.49. The lowest BCUT2D eigenvalue weighted by Gasteiger charge is -2.28. The zero-order valence-electron chi connectivity index (χ0n) is 9.65. The van der Waals surface area contributed by atoms with Crippen LogP contribution in [0.5, 0.6) is 0 Å². The van der Waals surface area contributed by atoms with Crippen molar-refractivity contribution in [3.05, 3.63) is 11.6 Å². The second kappa shape index (κ2) is 5.70. The molecule has 0 aromatic carbocycles. The number of hydrogen-bond acceptors (Lipinski definition) is 6. The smallest absolute Gasteiger partial charge is 0.156 e. The Bertz CT molecular complexity index is 315. The maximum Gasteiger partial charge on any atom is 0.156 e. The van der Waals surface area contributed by atoms with Crippen LogP contribution in [0.25, 0.3) is 0 Å². The number of aliphatic hydroxyl groups excluding tert-OH is 4. The molecule has 0 amide bonds. The van der Waals surface area contributed by atoms with Crippen LogP contribution < -0.4 is 5.73 Å². The highest BCUT2D eigenvalue weighted by Gasteiger charge is 2.30. The lowest BCUT2D eigenvalue weighted by Crippen LogP contribution is -2.42.